The molecule has 1 aliphatic heterocycles. The molecule has 1 heterocycles. The topological polar surface area (TPSA) is 72.6 Å². The summed E-state index contributed by atoms with van der Waals surface area (Å²) < 4.78 is 29.2. The van der Waals surface area contributed by atoms with Gasteiger partial charge in [-0.05, 0) is 31.2 Å². The van der Waals surface area contributed by atoms with Gasteiger partial charge in [-0.15, -0.1) is 0 Å². The molecule has 0 aliphatic carbocycles. The third-order valence-corrected chi connectivity index (χ3v) is 5.43. The van der Waals surface area contributed by atoms with Crippen molar-refractivity contribution in [2.24, 2.45) is 5.73 Å². The highest BCUT2D eigenvalue weighted by Gasteiger charge is 2.25. The molecule has 1 aliphatic rings. The van der Waals surface area contributed by atoms with E-state index in [2.05, 4.69) is 11.8 Å². The van der Waals surface area contributed by atoms with Crippen molar-refractivity contribution in [2.45, 2.75) is 30.9 Å². The summed E-state index contributed by atoms with van der Waals surface area (Å²) in [6.07, 6.45) is 0.0326. The summed E-state index contributed by atoms with van der Waals surface area (Å²) in [6.45, 7) is 5.60. The van der Waals surface area contributed by atoms with E-state index >= 15 is 0 Å². The maximum atomic E-state index is 11.8. The Labute approximate surface area is 120 Å². The van der Waals surface area contributed by atoms with E-state index in [-0.39, 0.29) is 17.9 Å². The maximum absolute atomic E-state index is 11.8. The van der Waals surface area contributed by atoms with Crippen LogP contribution >= 0.6 is 0 Å². The second kappa shape index (κ2) is 6.11. The first kappa shape index (κ1) is 15.3. The maximum Gasteiger partial charge on any atom is 0.178 e. The lowest BCUT2D eigenvalue weighted by atomic mass is 10.1. The molecule has 6 heteroatoms. The van der Waals surface area contributed by atoms with Crippen molar-refractivity contribution < 1.29 is 13.2 Å². The predicted octanol–water partition coefficient (Wildman–Crippen LogP) is 1.03. The van der Waals surface area contributed by atoms with Crippen LogP contribution in [-0.2, 0) is 14.6 Å². The fourth-order valence-corrected chi connectivity index (χ4v) is 3.22. The molecule has 1 aromatic carbocycles. The molecule has 2 atom stereocenters. The van der Waals surface area contributed by atoms with Crippen LogP contribution in [0, 0.1) is 0 Å². The predicted molar refractivity (Wildman–Crippen MR) is 79.8 cm³/mol. The van der Waals surface area contributed by atoms with E-state index in [4.69, 9.17) is 10.5 Å². The number of anilines is 1. The average molecular weight is 298 g/mol. The van der Waals surface area contributed by atoms with Crippen LogP contribution in [0.15, 0.2) is 29.2 Å². The standard InChI is InChI=1S/C14H22N2O3S/c1-3-20(17,18)14-6-4-12(5-7-14)16-9-13(8-15)19-10-11(16)2/h4-7,11,13H,3,8-10,15H2,1-2H3. The molecule has 1 saturated heterocycles. The Morgan fingerprint density at radius 3 is 2.55 bits per heavy atom. The quantitative estimate of drug-likeness (QED) is 0.899. The highest BCUT2D eigenvalue weighted by atomic mass is 32.2. The number of hydrogen-bond donors (Lipinski definition) is 1. The smallest absolute Gasteiger partial charge is 0.178 e. The average Bonchev–Trinajstić information content (AvgIpc) is 2.48. The van der Waals surface area contributed by atoms with E-state index in [1.165, 1.54) is 0 Å². The summed E-state index contributed by atoms with van der Waals surface area (Å²) in [5.41, 5.74) is 6.67. The second-order valence-corrected chi connectivity index (χ2v) is 7.37. The second-order valence-electron chi connectivity index (χ2n) is 5.09. The number of sulfone groups is 1. The van der Waals surface area contributed by atoms with Gasteiger partial charge in [0.25, 0.3) is 0 Å². The molecule has 0 saturated carbocycles. The van der Waals surface area contributed by atoms with Crippen molar-refractivity contribution in [1.82, 2.24) is 0 Å². The van der Waals surface area contributed by atoms with Gasteiger partial charge in [0.2, 0.25) is 0 Å². The first-order valence-corrected chi connectivity index (χ1v) is 8.54. The summed E-state index contributed by atoms with van der Waals surface area (Å²) >= 11 is 0. The van der Waals surface area contributed by atoms with E-state index in [9.17, 15) is 8.42 Å². The molecular weight excluding hydrogens is 276 g/mol. The van der Waals surface area contributed by atoms with Gasteiger partial charge in [0.05, 0.1) is 23.4 Å². The van der Waals surface area contributed by atoms with E-state index in [0.29, 0.717) is 18.0 Å². The fourth-order valence-electron chi connectivity index (χ4n) is 2.33. The third-order valence-electron chi connectivity index (χ3n) is 3.68. The van der Waals surface area contributed by atoms with Gasteiger partial charge in [0.1, 0.15) is 0 Å². The SMILES string of the molecule is CCS(=O)(=O)c1ccc(N2CC(CN)OCC2C)cc1. The van der Waals surface area contributed by atoms with E-state index < -0.39 is 9.84 Å². The monoisotopic (exact) mass is 298 g/mol. The molecule has 2 N–H and O–H groups in total. The molecule has 1 fully saturated rings. The molecule has 0 bridgehead atoms. The molecule has 0 spiro atoms. The van der Waals surface area contributed by atoms with Crippen LogP contribution < -0.4 is 10.6 Å². The Balaban J connectivity index is 2.21. The van der Waals surface area contributed by atoms with Gasteiger partial charge in [-0.3, -0.25) is 0 Å². The van der Waals surface area contributed by atoms with Crippen LogP contribution in [0.1, 0.15) is 13.8 Å². The Kier molecular flexibility index (Phi) is 4.67. The van der Waals surface area contributed by atoms with Crippen LogP contribution in [0.3, 0.4) is 0 Å². The number of rotatable bonds is 4. The zero-order chi connectivity index (χ0) is 14.8. The summed E-state index contributed by atoms with van der Waals surface area (Å²) in [5.74, 6) is 0.121. The van der Waals surface area contributed by atoms with Crippen molar-refractivity contribution >= 4 is 15.5 Å². The summed E-state index contributed by atoms with van der Waals surface area (Å²) in [6, 6.07) is 7.32. The Morgan fingerprint density at radius 2 is 2.00 bits per heavy atom. The van der Waals surface area contributed by atoms with Gasteiger partial charge >= 0.3 is 0 Å². The van der Waals surface area contributed by atoms with Crippen LogP contribution in [-0.4, -0.2) is 46.0 Å². The van der Waals surface area contributed by atoms with Crippen molar-refractivity contribution in [2.75, 3.05) is 30.3 Å². The summed E-state index contributed by atoms with van der Waals surface area (Å²) in [5, 5.41) is 0. The van der Waals surface area contributed by atoms with E-state index in [1.54, 1.807) is 19.1 Å². The number of nitrogens with two attached hydrogens (primary N) is 1. The van der Waals surface area contributed by atoms with Crippen molar-refractivity contribution in [3.8, 4) is 0 Å². The van der Waals surface area contributed by atoms with Crippen LogP contribution in [0.25, 0.3) is 0 Å². The van der Waals surface area contributed by atoms with Crippen LogP contribution in [0.2, 0.25) is 0 Å². The molecule has 2 unspecified atom stereocenters. The number of ether oxygens (including phenoxy) is 1. The number of hydrogen-bond acceptors (Lipinski definition) is 5. The van der Waals surface area contributed by atoms with Gasteiger partial charge in [0, 0.05) is 24.8 Å². The van der Waals surface area contributed by atoms with E-state index in [0.717, 1.165) is 12.2 Å². The Hall–Kier alpha value is -1.11. The highest BCUT2D eigenvalue weighted by Crippen LogP contribution is 2.23. The first-order valence-electron chi connectivity index (χ1n) is 6.89. The third kappa shape index (κ3) is 3.13. The number of morpholine rings is 1. The van der Waals surface area contributed by atoms with Crippen LogP contribution in [0.5, 0.6) is 0 Å². The minimum Gasteiger partial charge on any atom is -0.373 e. The molecule has 1 aromatic rings. The number of benzene rings is 1. The minimum atomic E-state index is -3.14. The Morgan fingerprint density at radius 1 is 1.35 bits per heavy atom. The Bertz CT molecular complexity index is 542. The molecule has 0 amide bonds. The van der Waals surface area contributed by atoms with Crippen molar-refractivity contribution in [3.63, 3.8) is 0 Å². The highest BCUT2D eigenvalue weighted by molar-refractivity contribution is 7.91. The minimum absolute atomic E-state index is 0.0326. The largest absolute Gasteiger partial charge is 0.373 e. The van der Waals surface area contributed by atoms with Crippen molar-refractivity contribution in [3.05, 3.63) is 24.3 Å². The molecular formula is C14H22N2O3S. The molecule has 2 rings (SSSR count). The molecule has 112 valence electrons. The fraction of sp³-hybridized carbons (Fsp3) is 0.571. The lowest BCUT2D eigenvalue weighted by Gasteiger charge is -2.39. The van der Waals surface area contributed by atoms with Gasteiger partial charge in [0.15, 0.2) is 9.84 Å². The molecule has 5 nitrogen and oxygen atoms in total. The summed E-state index contributed by atoms with van der Waals surface area (Å²) in [7, 11) is -3.14. The molecule has 0 radical (unpaired) electrons. The lowest BCUT2D eigenvalue weighted by molar-refractivity contribution is 0.0283. The summed E-state index contributed by atoms with van der Waals surface area (Å²) in [4.78, 5) is 2.59. The van der Waals surface area contributed by atoms with Crippen molar-refractivity contribution in [1.29, 1.82) is 0 Å². The first-order chi connectivity index (χ1) is 9.47. The number of nitrogens with zero attached hydrogens (tertiary/aromatic N) is 1. The molecule has 0 aromatic heterocycles. The normalized spacial score (nSPS) is 23.9. The van der Waals surface area contributed by atoms with Gasteiger partial charge < -0.3 is 15.4 Å². The zero-order valence-corrected chi connectivity index (χ0v) is 12.8. The molecule has 20 heavy (non-hydrogen) atoms. The van der Waals surface area contributed by atoms with Gasteiger partial charge in [-0.25, -0.2) is 8.42 Å². The van der Waals surface area contributed by atoms with Crippen LogP contribution in [0.4, 0.5) is 5.69 Å². The lowest BCUT2D eigenvalue weighted by Crippen LogP contribution is -2.50. The van der Waals surface area contributed by atoms with Gasteiger partial charge in [-0.1, -0.05) is 6.92 Å². The van der Waals surface area contributed by atoms with E-state index in [1.807, 2.05) is 12.1 Å². The zero-order valence-electron chi connectivity index (χ0n) is 12.0. The van der Waals surface area contributed by atoms with Gasteiger partial charge in [-0.2, -0.15) is 0 Å².